The molecule has 4 N–H and O–H groups in total. The van der Waals surface area contributed by atoms with Crippen LogP contribution in [-0.2, 0) is 4.79 Å². The van der Waals surface area contributed by atoms with E-state index < -0.39 is 6.04 Å². The highest BCUT2D eigenvalue weighted by Crippen LogP contribution is 2.17. The third-order valence-electron chi connectivity index (χ3n) is 1.87. The zero-order chi connectivity index (χ0) is 10.7. The van der Waals surface area contributed by atoms with Gasteiger partial charge in [-0.25, -0.2) is 4.98 Å². The Morgan fingerprint density at radius 2 is 2.53 bits per heavy atom. The summed E-state index contributed by atoms with van der Waals surface area (Å²) in [5, 5.41) is 4.47. The van der Waals surface area contributed by atoms with E-state index in [2.05, 4.69) is 15.3 Å². The minimum atomic E-state index is -0.643. The van der Waals surface area contributed by atoms with Crippen LogP contribution in [0.5, 0.6) is 0 Å². The highest BCUT2D eigenvalue weighted by atomic mass is 32.1. The summed E-state index contributed by atoms with van der Waals surface area (Å²) < 4.78 is 0. The van der Waals surface area contributed by atoms with Crippen LogP contribution in [0.4, 0.5) is 5.95 Å². The second-order valence-electron chi connectivity index (χ2n) is 2.92. The fourth-order valence-corrected chi connectivity index (χ4v) is 1.85. The van der Waals surface area contributed by atoms with Crippen LogP contribution < -0.4 is 11.1 Å². The third kappa shape index (κ3) is 2.23. The molecule has 0 aliphatic rings. The van der Waals surface area contributed by atoms with Gasteiger partial charge >= 0.3 is 0 Å². The van der Waals surface area contributed by atoms with E-state index in [0.29, 0.717) is 5.95 Å². The van der Waals surface area contributed by atoms with Gasteiger partial charge in [-0.1, -0.05) is 6.07 Å². The number of hydrogen-bond acceptors (Lipinski definition) is 4. The van der Waals surface area contributed by atoms with E-state index in [9.17, 15) is 4.79 Å². The molecule has 2 rings (SSSR count). The fourth-order valence-electron chi connectivity index (χ4n) is 1.13. The number of nitrogens with two attached hydrogens (primary N) is 1. The minimum absolute atomic E-state index is 0.271. The van der Waals surface area contributed by atoms with Gasteiger partial charge < -0.3 is 10.7 Å². The second kappa shape index (κ2) is 4.24. The number of hydrogen-bond donors (Lipinski definition) is 3. The van der Waals surface area contributed by atoms with Gasteiger partial charge in [0.15, 0.2) is 0 Å². The van der Waals surface area contributed by atoms with Crippen molar-refractivity contribution in [3.05, 3.63) is 34.8 Å². The van der Waals surface area contributed by atoms with Crippen LogP contribution in [0.2, 0.25) is 0 Å². The summed E-state index contributed by atoms with van der Waals surface area (Å²) in [6.07, 6.45) is 3.19. The smallest absolute Gasteiger partial charge is 0.249 e. The number of amides is 1. The van der Waals surface area contributed by atoms with Crippen molar-refractivity contribution in [3.63, 3.8) is 0 Å². The molecule has 5 nitrogen and oxygen atoms in total. The summed E-state index contributed by atoms with van der Waals surface area (Å²) in [7, 11) is 0. The normalized spacial score (nSPS) is 12.3. The Morgan fingerprint density at radius 1 is 1.67 bits per heavy atom. The van der Waals surface area contributed by atoms with Crippen molar-refractivity contribution in [2.75, 3.05) is 5.32 Å². The lowest BCUT2D eigenvalue weighted by molar-refractivity contribution is -0.117. The molecule has 0 saturated heterocycles. The van der Waals surface area contributed by atoms with Gasteiger partial charge in [0.25, 0.3) is 0 Å². The maximum absolute atomic E-state index is 11.6. The van der Waals surface area contributed by atoms with Crippen molar-refractivity contribution in [1.29, 1.82) is 0 Å². The molecule has 78 valence electrons. The zero-order valence-electron chi connectivity index (χ0n) is 7.81. The average Bonchev–Trinajstić information content (AvgIpc) is 2.88. The largest absolute Gasteiger partial charge is 0.331 e. The van der Waals surface area contributed by atoms with Crippen LogP contribution in [-0.4, -0.2) is 15.9 Å². The molecule has 2 heterocycles. The Morgan fingerprint density at radius 3 is 3.13 bits per heavy atom. The van der Waals surface area contributed by atoms with Gasteiger partial charge in [0.2, 0.25) is 11.9 Å². The van der Waals surface area contributed by atoms with E-state index in [0.717, 1.165) is 4.88 Å². The molecule has 0 aromatic carbocycles. The van der Waals surface area contributed by atoms with Crippen LogP contribution in [0.3, 0.4) is 0 Å². The average molecular weight is 222 g/mol. The summed E-state index contributed by atoms with van der Waals surface area (Å²) in [6.45, 7) is 0. The predicted molar refractivity (Wildman–Crippen MR) is 58.5 cm³/mol. The van der Waals surface area contributed by atoms with Gasteiger partial charge in [0.1, 0.15) is 6.04 Å². The molecule has 0 spiro atoms. The quantitative estimate of drug-likeness (QED) is 0.727. The van der Waals surface area contributed by atoms with E-state index in [4.69, 9.17) is 5.73 Å². The van der Waals surface area contributed by atoms with Crippen LogP contribution in [0.1, 0.15) is 10.9 Å². The lowest BCUT2D eigenvalue weighted by atomic mass is 10.2. The lowest BCUT2D eigenvalue weighted by Gasteiger charge is -2.08. The van der Waals surface area contributed by atoms with Crippen LogP contribution in [0, 0.1) is 0 Å². The topological polar surface area (TPSA) is 83.8 Å². The van der Waals surface area contributed by atoms with Crippen LogP contribution in [0.15, 0.2) is 29.9 Å². The minimum Gasteiger partial charge on any atom is -0.331 e. The van der Waals surface area contributed by atoms with Gasteiger partial charge in [-0.05, 0) is 11.4 Å². The van der Waals surface area contributed by atoms with E-state index in [1.165, 1.54) is 11.3 Å². The number of imidazole rings is 1. The van der Waals surface area contributed by atoms with E-state index in [1.807, 2.05) is 17.5 Å². The van der Waals surface area contributed by atoms with Crippen LogP contribution in [0.25, 0.3) is 0 Å². The standard InChI is InChI=1S/C9H10N4OS/c10-7(6-2-1-5-15-6)8(14)13-9-11-3-4-12-9/h1-5,7H,10H2,(H2,11,12,13,14). The summed E-state index contributed by atoms with van der Waals surface area (Å²) in [6, 6.07) is 3.05. The number of carbonyl (C=O) groups is 1. The molecule has 2 aromatic heterocycles. The maximum atomic E-state index is 11.6. The maximum Gasteiger partial charge on any atom is 0.249 e. The number of aromatic amines is 1. The first-order valence-corrected chi connectivity index (χ1v) is 5.24. The highest BCUT2D eigenvalue weighted by Gasteiger charge is 2.17. The molecule has 1 unspecified atom stereocenters. The Labute approximate surface area is 90.3 Å². The van der Waals surface area contributed by atoms with Gasteiger partial charge in [-0.2, -0.15) is 0 Å². The monoisotopic (exact) mass is 222 g/mol. The molecule has 0 bridgehead atoms. The van der Waals surface area contributed by atoms with E-state index >= 15 is 0 Å². The number of nitrogens with one attached hydrogen (secondary N) is 2. The van der Waals surface area contributed by atoms with Crippen molar-refractivity contribution in [1.82, 2.24) is 9.97 Å². The first kappa shape index (κ1) is 9.88. The molecule has 6 heteroatoms. The number of aromatic nitrogens is 2. The lowest BCUT2D eigenvalue weighted by Crippen LogP contribution is -2.27. The number of rotatable bonds is 3. The Balaban J connectivity index is 2.03. The van der Waals surface area contributed by atoms with E-state index in [-0.39, 0.29) is 5.91 Å². The zero-order valence-corrected chi connectivity index (χ0v) is 8.62. The molecule has 2 aromatic rings. The van der Waals surface area contributed by atoms with Gasteiger partial charge in [0.05, 0.1) is 0 Å². The summed E-state index contributed by atoms with van der Waals surface area (Å²) in [5.74, 6) is 0.138. The number of H-pyrrole nitrogens is 1. The first-order valence-electron chi connectivity index (χ1n) is 4.36. The molecular formula is C9H10N4OS. The van der Waals surface area contributed by atoms with Crippen LogP contribution >= 0.6 is 11.3 Å². The molecule has 1 amide bonds. The van der Waals surface area contributed by atoms with Crippen molar-refractivity contribution in [2.45, 2.75) is 6.04 Å². The SMILES string of the molecule is NC(C(=O)Nc1ncc[nH]1)c1cccs1. The molecule has 1 atom stereocenters. The number of anilines is 1. The molecule has 0 radical (unpaired) electrons. The highest BCUT2D eigenvalue weighted by molar-refractivity contribution is 7.10. The Bertz CT molecular complexity index is 423. The van der Waals surface area contributed by atoms with Gasteiger partial charge in [-0.15, -0.1) is 11.3 Å². The predicted octanol–water partition coefficient (Wildman–Crippen LogP) is 1.11. The molecular weight excluding hydrogens is 212 g/mol. The number of thiophene rings is 1. The molecule has 0 fully saturated rings. The van der Waals surface area contributed by atoms with Crippen molar-refractivity contribution >= 4 is 23.2 Å². The van der Waals surface area contributed by atoms with E-state index in [1.54, 1.807) is 12.4 Å². The van der Waals surface area contributed by atoms with Crippen molar-refractivity contribution in [2.24, 2.45) is 5.73 Å². The van der Waals surface area contributed by atoms with Crippen molar-refractivity contribution < 1.29 is 4.79 Å². The molecule has 0 aliphatic carbocycles. The first-order chi connectivity index (χ1) is 7.27. The van der Waals surface area contributed by atoms with Gasteiger partial charge in [-0.3, -0.25) is 10.1 Å². The Hall–Kier alpha value is -1.66. The third-order valence-corrected chi connectivity index (χ3v) is 2.83. The second-order valence-corrected chi connectivity index (χ2v) is 3.90. The number of carbonyl (C=O) groups excluding carboxylic acids is 1. The summed E-state index contributed by atoms with van der Waals surface area (Å²) >= 11 is 1.46. The molecule has 0 saturated carbocycles. The Kier molecular flexibility index (Phi) is 2.79. The number of nitrogens with zero attached hydrogens (tertiary/aromatic N) is 1. The van der Waals surface area contributed by atoms with Gasteiger partial charge in [0, 0.05) is 17.3 Å². The summed E-state index contributed by atoms with van der Waals surface area (Å²) in [4.78, 5) is 19.1. The fraction of sp³-hybridized carbons (Fsp3) is 0.111. The molecule has 0 aliphatic heterocycles. The van der Waals surface area contributed by atoms with Crippen molar-refractivity contribution in [3.8, 4) is 0 Å². The molecule has 15 heavy (non-hydrogen) atoms. The summed E-state index contributed by atoms with van der Waals surface area (Å²) in [5.41, 5.74) is 5.76.